The van der Waals surface area contributed by atoms with Crippen LogP contribution in [0.3, 0.4) is 0 Å². The third-order valence-corrected chi connectivity index (χ3v) is 6.17. The Balaban J connectivity index is 1.55. The van der Waals surface area contributed by atoms with Gasteiger partial charge in [-0.3, -0.25) is 0 Å². The summed E-state index contributed by atoms with van der Waals surface area (Å²) < 4.78 is 46.8. The molecule has 1 unspecified atom stereocenters. The average Bonchev–Trinajstić information content (AvgIpc) is 3.36. The number of alkyl halides is 3. The monoisotopic (exact) mass is 471 g/mol. The van der Waals surface area contributed by atoms with Gasteiger partial charge in [-0.25, -0.2) is 15.0 Å². The normalized spacial score (nSPS) is 19.0. The zero-order valence-electron chi connectivity index (χ0n) is 18.9. The molecule has 8 nitrogen and oxygen atoms in total. The Morgan fingerprint density at radius 2 is 1.97 bits per heavy atom. The van der Waals surface area contributed by atoms with Crippen molar-refractivity contribution in [2.75, 3.05) is 11.9 Å². The van der Waals surface area contributed by atoms with Crippen LogP contribution in [0.1, 0.15) is 36.8 Å². The van der Waals surface area contributed by atoms with E-state index in [0.29, 0.717) is 46.3 Å². The van der Waals surface area contributed by atoms with Gasteiger partial charge in [0.1, 0.15) is 17.0 Å². The topological polar surface area (TPSA) is 105 Å². The molecule has 11 heteroatoms. The lowest BCUT2D eigenvalue weighted by Crippen LogP contribution is -2.43. The number of anilines is 1. The first-order valence-electron chi connectivity index (χ1n) is 11.1. The summed E-state index contributed by atoms with van der Waals surface area (Å²) >= 11 is 0. The number of halogens is 3. The number of hydrogen-bond acceptors (Lipinski definition) is 7. The van der Waals surface area contributed by atoms with Crippen LogP contribution in [0.5, 0.6) is 0 Å². The summed E-state index contributed by atoms with van der Waals surface area (Å²) in [5.41, 5.74) is 1.73. The Kier molecular flexibility index (Phi) is 5.51. The van der Waals surface area contributed by atoms with Crippen LogP contribution < -0.4 is 10.6 Å². The van der Waals surface area contributed by atoms with Crippen molar-refractivity contribution >= 4 is 17.0 Å². The molecule has 4 aromatic rings. The smallest absolute Gasteiger partial charge is 0.361 e. The number of nitrogens with one attached hydrogen (secondary N) is 3. The minimum atomic E-state index is -4.61. The largest absolute Gasteiger partial charge is 0.419 e. The Hall–Kier alpha value is -3.47. The molecule has 4 aromatic heterocycles. The van der Waals surface area contributed by atoms with Gasteiger partial charge in [0, 0.05) is 42.0 Å². The molecule has 178 valence electrons. The standard InChI is InChI=1S/C23H24F3N7O/c1-11-4-5-14(8-27-11)30-22-29-10-17(23(24,25)26)20(32-22)16-9-28-21-15(16)6-7-18(31-21)19-12(2)33-34-13(19)3/h6-7,9-11,14,27H,4-5,8H2,1-3H3,(H,28,31)(H,29,30,32)/t11-,14?/m1/s1. The maximum absolute atomic E-state index is 13.9. The predicted molar refractivity (Wildman–Crippen MR) is 121 cm³/mol. The SMILES string of the molecule is Cc1noc(C)c1-c1ccc2c(-c3nc(NC4CC[C@@H](C)NC4)ncc3C(F)(F)F)c[nH]c2n1. The molecule has 0 bridgehead atoms. The van der Waals surface area contributed by atoms with Crippen molar-refractivity contribution in [3.63, 3.8) is 0 Å². The molecule has 1 aliphatic rings. The molecule has 0 aromatic carbocycles. The van der Waals surface area contributed by atoms with E-state index in [0.717, 1.165) is 24.6 Å². The molecule has 34 heavy (non-hydrogen) atoms. The van der Waals surface area contributed by atoms with Crippen molar-refractivity contribution in [1.82, 2.24) is 30.4 Å². The van der Waals surface area contributed by atoms with E-state index in [2.05, 4.69) is 42.6 Å². The molecule has 5 heterocycles. The van der Waals surface area contributed by atoms with E-state index in [1.165, 1.54) is 6.20 Å². The number of nitrogens with zero attached hydrogens (tertiary/aromatic N) is 4. The highest BCUT2D eigenvalue weighted by Crippen LogP contribution is 2.39. The molecule has 5 rings (SSSR count). The number of H-pyrrole nitrogens is 1. The number of pyridine rings is 1. The molecule has 1 aliphatic heterocycles. The third kappa shape index (κ3) is 4.11. The molecule has 0 amide bonds. The second-order valence-corrected chi connectivity index (χ2v) is 8.68. The van der Waals surface area contributed by atoms with Gasteiger partial charge in [-0.1, -0.05) is 5.16 Å². The van der Waals surface area contributed by atoms with E-state index < -0.39 is 11.7 Å². The minimum Gasteiger partial charge on any atom is -0.361 e. The second kappa shape index (κ2) is 8.39. The van der Waals surface area contributed by atoms with Crippen molar-refractivity contribution < 1.29 is 17.7 Å². The van der Waals surface area contributed by atoms with E-state index in [4.69, 9.17) is 4.52 Å². The Morgan fingerprint density at radius 3 is 2.65 bits per heavy atom. The van der Waals surface area contributed by atoms with Crippen LogP contribution in [0.15, 0.2) is 29.0 Å². The van der Waals surface area contributed by atoms with E-state index >= 15 is 0 Å². The highest BCUT2D eigenvalue weighted by Gasteiger charge is 2.36. The quantitative estimate of drug-likeness (QED) is 0.390. The van der Waals surface area contributed by atoms with Crippen LogP contribution in [0, 0.1) is 13.8 Å². The van der Waals surface area contributed by atoms with Gasteiger partial charge in [-0.05, 0) is 45.7 Å². The summed E-state index contributed by atoms with van der Waals surface area (Å²) in [5.74, 6) is 0.785. The molecule has 0 radical (unpaired) electrons. The van der Waals surface area contributed by atoms with Gasteiger partial charge in [0.15, 0.2) is 0 Å². The number of piperidine rings is 1. The Bertz CT molecular complexity index is 1320. The average molecular weight is 471 g/mol. The van der Waals surface area contributed by atoms with Gasteiger partial charge in [0.05, 0.1) is 22.6 Å². The summed E-state index contributed by atoms with van der Waals surface area (Å²) in [6.07, 6.45) is -0.417. The Labute approximate surface area is 193 Å². The fourth-order valence-electron chi connectivity index (χ4n) is 4.36. The summed E-state index contributed by atoms with van der Waals surface area (Å²) in [6, 6.07) is 3.94. The fourth-order valence-corrected chi connectivity index (χ4v) is 4.36. The maximum atomic E-state index is 13.9. The zero-order chi connectivity index (χ0) is 24.0. The maximum Gasteiger partial charge on any atom is 0.419 e. The Morgan fingerprint density at radius 1 is 1.15 bits per heavy atom. The molecular formula is C23H24F3N7O. The van der Waals surface area contributed by atoms with Crippen molar-refractivity contribution in [3.05, 3.63) is 41.5 Å². The predicted octanol–water partition coefficient (Wildman–Crippen LogP) is 4.86. The van der Waals surface area contributed by atoms with Crippen LogP contribution in [0.25, 0.3) is 33.5 Å². The van der Waals surface area contributed by atoms with Gasteiger partial charge in [0.2, 0.25) is 5.95 Å². The molecule has 1 saturated heterocycles. The molecule has 0 spiro atoms. The van der Waals surface area contributed by atoms with Crippen LogP contribution in [0.4, 0.5) is 19.1 Å². The molecule has 2 atom stereocenters. The van der Waals surface area contributed by atoms with E-state index in [1.807, 2.05) is 6.92 Å². The third-order valence-electron chi connectivity index (χ3n) is 6.17. The van der Waals surface area contributed by atoms with E-state index in [1.54, 1.807) is 19.1 Å². The van der Waals surface area contributed by atoms with E-state index in [-0.39, 0.29) is 17.7 Å². The zero-order valence-corrected chi connectivity index (χ0v) is 18.9. The summed E-state index contributed by atoms with van der Waals surface area (Å²) in [7, 11) is 0. The fraction of sp³-hybridized carbons (Fsp3) is 0.391. The number of rotatable bonds is 4. The van der Waals surface area contributed by atoms with Crippen LogP contribution >= 0.6 is 0 Å². The summed E-state index contributed by atoms with van der Waals surface area (Å²) in [5, 5.41) is 11.0. The lowest BCUT2D eigenvalue weighted by molar-refractivity contribution is -0.137. The number of aryl methyl sites for hydroxylation is 2. The van der Waals surface area contributed by atoms with Crippen LogP contribution in [-0.2, 0) is 6.18 Å². The first kappa shape index (κ1) is 22.3. The van der Waals surface area contributed by atoms with Crippen molar-refractivity contribution in [2.24, 2.45) is 0 Å². The first-order chi connectivity index (χ1) is 16.2. The van der Waals surface area contributed by atoms with Gasteiger partial charge in [0.25, 0.3) is 0 Å². The first-order valence-corrected chi connectivity index (χ1v) is 11.1. The van der Waals surface area contributed by atoms with Gasteiger partial charge in [-0.15, -0.1) is 0 Å². The highest BCUT2D eigenvalue weighted by molar-refractivity contribution is 5.94. The van der Waals surface area contributed by atoms with E-state index in [9.17, 15) is 13.2 Å². The molecule has 3 N–H and O–H groups in total. The molecular weight excluding hydrogens is 447 g/mol. The molecule has 1 fully saturated rings. The van der Waals surface area contributed by atoms with Crippen molar-refractivity contribution in [1.29, 1.82) is 0 Å². The van der Waals surface area contributed by atoms with Crippen LogP contribution in [0.2, 0.25) is 0 Å². The van der Waals surface area contributed by atoms with Crippen molar-refractivity contribution in [2.45, 2.75) is 51.9 Å². The highest BCUT2D eigenvalue weighted by atomic mass is 19.4. The summed E-state index contributed by atoms with van der Waals surface area (Å²) in [6.45, 7) is 6.40. The van der Waals surface area contributed by atoms with Gasteiger partial charge < -0.3 is 20.1 Å². The lowest BCUT2D eigenvalue weighted by atomic mass is 10.0. The molecule has 0 saturated carbocycles. The minimum absolute atomic E-state index is 0.0445. The molecule has 0 aliphatic carbocycles. The number of aromatic nitrogens is 5. The number of fused-ring (bicyclic) bond motifs is 1. The second-order valence-electron chi connectivity index (χ2n) is 8.68. The number of hydrogen-bond donors (Lipinski definition) is 3. The van der Waals surface area contributed by atoms with Gasteiger partial charge in [-0.2, -0.15) is 13.2 Å². The van der Waals surface area contributed by atoms with Crippen molar-refractivity contribution in [3.8, 4) is 22.5 Å². The van der Waals surface area contributed by atoms with Gasteiger partial charge >= 0.3 is 6.18 Å². The number of aromatic amines is 1. The lowest BCUT2D eigenvalue weighted by Gasteiger charge is -2.28. The van der Waals surface area contributed by atoms with Crippen LogP contribution in [-0.4, -0.2) is 43.7 Å². The summed E-state index contributed by atoms with van der Waals surface area (Å²) in [4.78, 5) is 15.9.